The monoisotopic (exact) mass is 525 g/mol. The van der Waals surface area contributed by atoms with Crippen LogP contribution in [0.2, 0.25) is 0 Å². The van der Waals surface area contributed by atoms with Gasteiger partial charge < -0.3 is 9.84 Å². The standard InChI is InChI=1S/C26H24BrNO6/c1-4-28-25(32)14-6-5-13-15(21(14)26(28)33)10-17-22(18(29)7-11(2)23(17)30)20(13)16-8-12(27)9-19(34-3)24(16)31/h5,7-9,14-15,20-21,31H,4,6,10H2,1-3H3. The average Bonchev–Trinajstić information content (AvgIpc) is 3.06. The summed E-state index contributed by atoms with van der Waals surface area (Å²) in [7, 11) is 1.44. The summed E-state index contributed by atoms with van der Waals surface area (Å²) in [5.41, 5.74) is 2.26. The minimum Gasteiger partial charge on any atom is -0.504 e. The molecule has 3 aliphatic carbocycles. The summed E-state index contributed by atoms with van der Waals surface area (Å²) < 4.78 is 5.98. The zero-order valence-corrected chi connectivity index (χ0v) is 20.6. The summed E-state index contributed by atoms with van der Waals surface area (Å²) in [6, 6.07) is 3.33. The van der Waals surface area contributed by atoms with E-state index in [1.807, 2.05) is 6.08 Å². The van der Waals surface area contributed by atoms with E-state index in [-0.39, 0.29) is 41.3 Å². The number of amides is 2. The molecule has 0 saturated carbocycles. The largest absolute Gasteiger partial charge is 0.504 e. The molecule has 34 heavy (non-hydrogen) atoms. The van der Waals surface area contributed by atoms with Crippen LogP contribution < -0.4 is 4.74 Å². The number of aromatic hydroxyl groups is 1. The lowest BCUT2D eigenvalue weighted by Gasteiger charge is -2.42. The Bertz CT molecular complexity index is 1270. The van der Waals surface area contributed by atoms with Gasteiger partial charge in [0.1, 0.15) is 0 Å². The molecule has 4 atom stereocenters. The number of halogens is 1. The predicted octanol–water partition coefficient (Wildman–Crippen LogP) is 3.61. The lowest BCUT2D eigenvalue weighted by Crippen LogP contribution is -2.39. The van der Waals surface area contributed by atoms with Gasteiger partial charge in [-0.05, 0) is 50.8 Å². The molecule has 0 bridgehead atoms. The van der Waals surface area contributed by atoms with Crippen LogP contribution in [0.3, 0.4) is 0 Å². The fraction of sp³-hybridized carbons (Fsp3) is 0.385. The molecule has 1 saturated heterocycles. The number of hydrogen-bond acceptors (Lipinski definition) is 6. The number of phenolic OH excluding ortho intramolecular Hbond substituents is 1. The van der Waals surface area contributed by atoms with Gasteiger partial charge in [0.25, 0.3) is 0 Å². The third-order valence-corrected chi connectivity index (χ3v) is 8.03. The summed E-state index contributed by atoms with van der Waals surface area (Å²) in [6.45, 7) is 3.68. The topological polar surface area (TPSA) is 101 Å². The first-order valence-electron chi connectivity index (χ1n) is 11.3. The van der Waals surface area contributed by atoms with E-state index in [4.69, 9.17) is 4.74 Å². The van der Waals surface area contributed by atoms with Crippen LogP contribution in [0.5, 0.6) is 11.5 Å². The average molecular weight is 526 g/mol. The number of phenols is 1. The van der Waals surface area contributed by atoms with Crippen LogP contribution in [0.1, 0.15) is 38.2 Å². The Morgan fingerprint density at radius 3 is 2.56 bits per heavy atom. The molecule has 7 nitrogen and oxygen atoms in total. The van der Waals surface area contributed by atoms with Gasteiger partial charge in [0, 0.05) is 39.2 Å². The number of allylic oxidation sites excluding steroid dienone is 6. The number of Topliss-reactive ketones (excluding diaryl/α,β-unsaturated/α-hetero) is 1. The normalized spacial score (nSPS) is 28.4. The molecule has 8 heteroatoms. The maximum absolute atomic E-state index is 13.3. The maximum Gasteiger partial charge on any atom is 0.233 e. The number of imide groups is 1. The number of ether oxygens (including phenoxy) is 1. The third kappa shape index (κ3) is 3.07. The third-order valence-electron chi connectivity index (χ3n) is 7.57. The number of likely N-dealkylation sites (tertiary alicyclic amines) is 1. The Morgan fingerprint density at radius 1 is 1.15 bits per heavy atom. The minimum absolute atomic E-state index is 0.123. The number of fused-ring (bicyclic) bond motifs is 3. The zero-order valence-electron chi connectivity index (χ0n) is 19.1. The summed E-state index contributed by atoms with van der Waals surface area (Å²) in [4.78, 5) is 54.0. The molecule has 0 spiro atoms. The second-order valence-electron chi connectivity index (χ2n) is 9.20. The first kappa shape index (κ1) is 22.8. The number of rotatable bonds is 3. The number of hydrogen-bond donors (Lipinski definition) is 1. The van der Waals surface area contributed by atoms with Crippen molar-refractivity contribution in [3.63, 3.8) is 0 Å². The summed E-state index contributed by atoms with van der Waals surface area (Å²) >= 11 is 3.45. The molecule has 2 amide bonds. The van der Waals surface area contributed by atoms with Crippen LogP contribution in [-0.2, 0) is 19.2 Å². The smallest absolute Gasteiger partial charge is 0.233 e. The van der Waals surface area contributed by atoms with E-state index in [9.17, 15) is 24.3 Å². The predicted molar refractivity (Wildman–Crippen MR) is 126 cm³/mol. The van der Waals surface area contributed by atoms with Crippen molar-refractivity contribution in [2.45, 2.75) is 32.6 Å². The molecule has 0 aromatic heterocycles. The Balaban J connectivity index is 1.75. The Hall–Kier alpha value is -3.00. The van der Waals surface area contributed by atoms with E-state index in [0.717, 1.165) is 5.57 Å². The van der Waals surface area contributed by atoms with E-state index < -0.39 is 23.7 Å². The van der Waals surface area contributed by atoms with Crippen LogP contribution in [-0.4, -0.2) is 47.0 Å². The van der Waals surface area contributed by atoms with Crippen LogP contribution >= 0.6 is 15.9 Å². The highest BCUT2D eigenvalue weighted by molar-refractivity contribution is 9.10. The molecule has 0 radical (unpaired) electrons. The molecule has 4 unspecified atom stereocenters. The van der Waals surface area contributed by atoms with E-state index >= 15 is 0 Å². The van der Waals surface area contributed by atoms with Crippen molar-refractivity contribution in [1.29, 1.82) is 0 Å². The zero-order chi connectivity index (χ0) is 24.5. The fourth-order valence-electron chi connectivity index (χ4n) is 6.08. The molecule has 1 aliphatic heterocycles. The fourth-order valence-corrected chi connectivity index (χ4v) is 6.54. The quantitative estimate of drug-likeness (QED) is 0.367. The van der Waals surface area contributed by atoms with Gasteiger partial charge in [-0.15, -0.1) is 0 Å². The van der Waals surface area contributed by atoms with Crippen LogP contribution in [0, 0.1) is 17.8 Å². The number of nitrogens with zero attached hydrogens (tertiary/aromatic N) is 1. The number of ketones is 2. The first-order chi connectivity index (χ1) is 16.2. The van der Waals surface area contributed by atoms with Crippen molar-refractivity contribution in [2.24, 2.45) is 17.8 Å². The number of benzene rings is 1. The Morgan fingerprint density at radius 2 is 1.88 bits per heavy atom. The lowest BCUT2D eigenvalue weighted by atomic mass is 9.59. The molecule has 1 aromatic carbocycles. The molecular weight excluding hydrogens is 502 g/mol. The molecule has 1 aromatic rings. The minimum atomic E-state index is -0.722. The van der Waals surface area contributed by atoms with Crippen LogP contribution in [0.15, 0.2) is 51.0 Å². The van der Waals surface area contributed by atoms with Crippen LogP contribution in [0.25, 0.3) is 0 Å². The highest BCUT2D eigenvalue weighted by Crippen LogP contribution is 2.57. The molecule has 1 heterocycles. The number of methoxy groups -OCH3 is 1. The van der Waals surface area contributed by atoms with Crippen molar-refractivity contribution < 1.29 is 29.0 Å². The Kier molecular flexibility index (Phi) is 5.39. The van der Waals surface area contributed by atoms with E-state index in [1.54, 1.807) is 26.0 Å². The second-order valence-corrected chi connectivity index (χ2v) is 10.1. The highest BCUT2D eigenvalue weighted by atomic mass is 79.9. The maximum atomic E-state index is 13.3. The van der Waals surface area contributed by atoms with Crippen molar-refractivity contribution in [2.75, 3.05) is 13.7 Å². The van der Waals surface area contributed by atoms with Crippen molar-refractivity contribution >= 4 is 39.3 Å². The number of carbonyl (C=O) groups excluding carboxylic acids is 4. The van der Waals surface area contributed by atoms with Gasteiger partial charge in [0.05, 0.1) is 18.9 Å². The Labute approximate surface area is 205 Å². The number of carbonyl (C=O) groups is 4. The van der Waals surface area contributed by atoms with Gasteiger partial charge in [0.15, 0.2) is 23.1 Å². The second kappa shape index (κ2) is 8.05. The van der Waals surface area contributed by atoms with Crippen LogP contribution in [0.4, 0.5) is 0 Å². The summed E-state index contributed by atoms with van der Waals surface area (Å²) in [6.07, 6.45) is 3.87. The highest BCUT2D eigenvalue weighted by Gasteiger charge is 2.56. The van der Waals surface area contributed by atoms with Gasteiger partial charge in [0.2, 0.25) is 11.8 Å². The molecule has 5 rings (SSSR count). The molecule has 4 aliphatic rings. The first-order valence-corrected chi connectivity index (χ1v) is 12.1. The van der Waals surface area contributed by atoms with Crippen molar-refractivity contribution in [3.05, 3.63) is 56.6 Å². The summed E-state index contributed by atoms with van der Waals surface area (Å²) in [5, 5.41) is 11.1. The summed E-state index contributed by atoms with van der Waals surface area (Å²) in [5.74, 6) is -3.01. The lowest BCUT2D eigenvalue weighted by molar-refractivity contribution is -0.139. The van der Waals surface area contributed by atoms with Gasteiger partial charge in [-0.1, -0.05) is 27.6 Å². The molecule has 1 fully saturated rings. The van der Waals surface area contributed by atoms with Crippen molar-refractivity contribution in [3.8, 4) is 11.5 Å². The van der Waals surface area contributed by atoms with Gasteiger partial charge in [-0.2, -0.15) is 0 Å². The molecule has 1 N–H and O–H groups in total. The van der Waals surface area contributed by atoms with E-state index in [2.05, 4.69) is 15.9 Å². The van der Waals surface area contributed by atoms with Crippen molar-refractivity contribution in [1.82, 2.24) is 4.90 Å². The van der Waals surface area contributed by atoms with Gasteiger partial charge in [-0.25, -0.2) is 0 Å². The SMILES string of the molecule is CCN1C(=O)C2CC=C3C(c4cc(Br)cc(OC)c4O)C4=C(CC3C2C1=O)C(=O)C(C)=CC4=O. The molecule has 176 valence electrons. The molecular formula is C26H24BrNO6. The van der Waals surface area contributed by atoms with E-state index in [1.165, 1.54) is 18.1 Å². The van der Waals surface area contributed by atoms with Gasteiger partial charge >= 0.3 is 0 Å². The van der Waals surface area contributed by atoms with E-state index in [0.29, 0.717) is 39.7 Å². The van der Waals surface area contributed by atoms with Gasteiger partial charge in [-0.3, -0.25) is 24.1 Å².